The van der Waals surface area contributed by atoms with Gasteiger partial charge < -0.3 is 14.7 Å². The number of piperidine rings is 1. The second-order valence-corrected chi connectivity index (χ2v) is 9.62. The molecule has 0 amide bonds. The van der Waals surface area contributed by atoms with E-state index in [1.54, 1.807) is 18.2 Å². The fraction of sp³-hybridized carbons (Fsp3) is 0.300. The fourth-order valence-corrected chi connectivity index (χ4v) is 5.18. The molecule has 1 fully saturated rings. The Hall–Kier alpha value is -4.31. The molecule has 7 nitrogen and oxygen atoms in total. The number of ether oxygens (including phenoxy) is 1. The molecule has 0 radical (unpaired) electrons. The number of rotatable bonds is 7. The number of carboxylic acids is 1. The number of hydrogen-bond donors (Lipinski definition) is 1. The van der Waals surface area contributed by atoms with Gasteiger partial charge in [0.15, 0.2) is 0 Å². The molecule has 1 aliphatic rings. The lowest BCUT2D eigenvalue weighted by atomic mass is 9.96. The van der Waals surface area contributed by atoms with Crippen LogP contribution in [-0.4, -0.2) is 40.3 Å². The van der Waals surface area contributed by atoms with Gasteiger partial charge in [-0.15, -0.1) is 0 Å². The number of imidazole rings is 1. The maximum atomic E-state index is 11.9. The van der Waals surface area contributed by atoms with Crippen LogP contribution in [0.2, 0.25) is 0 Å². The fourth-order valence-electron chi connectivity index (χ4n) is 5.18. The minimum Gasteiger partial charge on any atom is -0.478 e. The van der Waals surface area contributed by atoms with E-state index in [0.717, 1.165) is 35.5 Å². The van der Waals surface area contributed by atoms with Gasteiger partial charge in [-0.05, 0) is 67.1 Å². The van der Waals surface area contributed by atoms with Gasteiger partial charge >= 0.3 is 5.97 Å². The SMILES string of the molecule is CCOc1nc2cccc(C(=O)O)c2n1Cc1ccc(-c2cc(N3CCCC(C)C3)ccc2C#N)cc1. The summed E-state index contributed by atoms with van der Waals surface area (Å²) >= 11 is 0. The molecular weight excluding hydrogens is 464 g/mol. The standard InChI is InChI=1S/C30H30N4O3/c1-3-37-30-32-27-8-4-7-25(29(35)36)28(27)34(30)19-21-9-11-22(12-10-21)26-16-24(14-13-23(26)17-31)33-15-5-6-20(2)18-33/h4,7-14,16,20H,3,5-6,15,18-19H2,1-2H3,(H,35,36). The number of benzene rings is 3. The van der Waals surface area contributed by atoms with Crippen LogP contribution in [0.25, 0.3) is 22.2 Å². The van der Waals surface area contributed by atoms with Crippen LogP contribution in [0.1, 0.15) is 48.2 Å². The van der Waals surface area contributed by atoms with Gasteiger partial charge in [0.2, 0.25) is 0 Å². The summed E-state index contributed by atoms with van der Waals surface area (Å²) in [6, 6.07) is 22.0. The number of anilines is 1. The molecule has 1 aliphatic heterocycles. The number of aromatic nitrogens is 2. The largest absolute Gasteiger partial charge is 0.478 e. The first-order chi connectivity index (χ1) is 18.0. The molecule has 0 bridgehead atoms. The van der Waals surface area contributed by atoms with Gasteiger partial charge in [-0.2, -0.15) is 10.2 Å². The highest BCUT2D eigenvalue weighted by Crippen LogP contribution is 2.32. The van der Waals surface area contributed by atoms with E-state index in [2.05, 4.69) is 28.9 Å². The zero-order valence-electron chi connectivity index (χ0n) is 21.1. The monoisotopic (exact) mass is 494 g/mol. The summed E-state index contributed by atoms with van der Waals surface area (Å²) in [5.74, 6) is -0.341. The minimum absolute atomic E-state index is 0.190. The van der Waals surface area contributed by atoms with Gasteiger partial charge in [-0.1, -0.05) is 37.3 Å². The molecule has 1 N–H and O–H groups in total. The summed E-state index contributed by atoms with van der Waals surface area (Å²) in [6.07, 6.45) is 2.44. The van der Waals surface area contributed by atoms with Crippen molar-refractivity contribution in [2.24, 2.45) is 5.92 Å². The van der Waals surface area contributed by atoms with Crippen LogP contribution < -0.4 is 9.64 Å². The lowest BCUT2D eigenvalue weighted by Gasteiger charge is -2.33. The number of fused-ring (bicyclic) bond motifs is 1. The number of nitrogens with zero attached hydrogens (tertiary/aromatic N) is 4. The van der Waals surface area contributed by atoms with Gasteiger partial charge in [0, 0.05) is 24.3 Å². The maximum Gasteiger partial charge on any atom is 0.337 e. The highest BCUT2D eigenvalue weighted by atomic mass is 16.5. The van der Waals surface area contributed by atoms with Crippen molar-refractivity contribution in [2.45, 2.75) is 33.2 Å². The highest BCUT2D eigenvalue weighted by Gasteiger charge is 2.20. The predicted octanol–water partition coefficient (Wildman–Crippen LogP) is 5.96. The maximum absolute atomic E-state index is 11.9. The second-order valence-electron chi connectivity index (χ2n) is 9.62. The average Bonchev–Trinajstić information content (AvgIpc) is 3.25. The first-order valence-corrected chi connectivity index (χ1v) is 12.7. The van der Waals surface area contributed by atoms with Gasteiger partial charge in [-0.25, -0.2) is 4.79 Å². The summed E-state index contributed by atoms with van der Waals surface area (Å²) in [5.41, 5.74) is 5.97. The van der Waals surface area contributed by atoms with Crippen molar-refractivity contribution >= 4 is 22.7 Å². The van der Waals surface area contributed by atoms with Crippen molar-refractivity contribution in [1.82, 2.24) is 9.55 Å². The molecule has 2 heterocycles. The van der Waals surface area contributed by atoms with Crippen LogP contribution in [-0.2, 0) is 6.54 Å². The number of carboxylic acid groups (broad SMARTS) is 1. The molecule has 1 aromatic heterocycles. The van der Waals surface area contributed by atoms with Crippen LogP contribution in [0.5, 0.6) is 6.01 Å². The zero-order chi connectivity index (χ0) is 25.9. The Balaban J connectivity index is 1.48. The topological polar surface area (TPSA) is 91.4 Å². The van der Waals surface area contributed by atoms with Crippen molar-refractivity contribution in [3.8, 4) is 23.2 Å². The molecule has 1 atom stereocenters. The quantitative estimate of drug-likeness (QED) is 0.341. The summed E-state index contributed by atoms with van der Waals surface area (Å²) in [6.45, 7) is 7.07. The number of aromatic carboxylic acids is 1. The van der Waals surface area contributed by atoms with E-state index in [1.807, 2.05) is 47.9 Å². The molecule has 37 heavy (non-hydrogen) atoms. The molecular formula is C30H30N4O3. The lowest BCUT2D eigenvalue weighted by Crippen LogP contribution is -2.34. The first kappa shape index (κ1) is 24.4. The molecule has 4 aromatic rings. The summed E-state index contributed by atoms with van der Waals surface area (Å²) in [7, 11) is 0. The molecule has 1 unspecified atom stereocenters. The summed E-state index contributed by atoms with van der Waals surface area (Å²) < 4.78 is 7.56. The third-order valence-corrected chi connectivity index (χ3v) is 6.99. The number of carbonyl (C=O) groups is 1. The summed E-state index contributed by atoms with van der Waals surface area (Å²) in [4.78, 5) is 18.8. The van der Waals surface area contributed by atoms with E-state index in [4.69, 9.17) is 4.74 Å². The Labute approximate surface area is 216 Å². The minimum atomic E-state index is -1.00. The number of hydrogen-bond acceptors (Lipinski definition) is 5. The molecule has 1 saturated heterocycles. The Morgan fingerprint density at radius 1 is 1.19 bits per heavy atom. The third kappa shape index (κ3) is 4.88. The van der Waals surface area contributed by atoms with Gasteiger partial charge in [0.25, 0.3) is 6.01 Å². The zero-order valence-corrected chi connectivity index (χ0v) is 21.1. The molecule has 3 aromatic carbocycles. The Morgan fingerprint density at radius 2 is 2.00 bits per heavy atom. The molecule has 188 valence electrons. The Morgan fingerprint density at radius 3 is 2.70 bits per heavy atom. The third-order valence-electron chi connectivity index (χ3n) is 6.99. The van der Waals surface area contributed by atoms with Gasteiger partial charge in [0.05, 0.1) is 41.4 Å². The molecule has 5 rings (SSSR count). The van der Waals surface area contributed by atoms with E-state index < -0.39 is 5.97 Å². The van der Waals surface area contributed by atoms with Crippen LogP contribution >= 0.6 is 0 Å². The van der Waals surface area contributed by atoms with Crippen LogP contribution in [0.3, 0.4) is 0 Å². The van der Waals surface area contributed by atoms with Crippen LogP contribution in [0, 0.1) is 17.2 Å². The van der Waals surface area contributed by atoms with E-state index in [1.165, 1.54) is 12.8 Å². The van der Waals surface area contributed by atoms with Crippen molar-refractivity contribution < 1.29 is 14.6 Å². The van der Waals surface area contributed by atoms with Gasteiger partial charge in [-0.3, -0.25) is 4.57 Å². The number of nitriles is 1. The first-order valence-electron chi connectivity index (χ1n) is 12.7. The highest BCUT2D eigenvalue weighted by molar-refractivity contribution is 6.01. The van der Waals surface area contributed by atoms with Crippen molar-refractivity contribution in [3.05, 3.63) is 77.4 Å². The molecule has 7 heteroatoms. The molecule has 0 aliphatic carbocycles. The van der Waals surface area contributed by atoms with Crippen molar-refractivity contribution in [3.63, 3.8) is 0 Å². The molecule has 0 saturated carbocycles. The van der Waals surface area contributed by atoms with E-state index >= 15 is 0 Å². The predicted molar refractivity (Wildman–Crippen MR) is 144 cm³/mol. The van der Waals surface area contributed by atoms with E-state index in [9.17, 15) is 15.2 Å². The number of para-hydroxylation sites is 1. The smallest absolute Gasteiger partial charge is 0.337 e. The lowest BCUT2D eigenvalue weighted by molar-refractivity contribution is 0.0698. The van der Waals surface area contributed by atoms with Crippen LogP contribution in [0.15, 0.2) is 60.7 Å². The normalized spacial score (nSPS) is 15.5. The summed E-state index contributed by atoms with van der Waals surface area (Å²) in [5, 5.41) is 19.5. The Bertz CT molecular complexity index is 1480. The average molecular weight is 495 g/mol. The Kier molecular flexibility index (Phi) is 6.82. The van der Waals surface area contributed by atoms with Crippen molar-refractivity contribution in [1.29, 1.82) is 5.26 Å². The van der Waals surface area contributed by atoms with Crippen molar-refractivity contribution in [2.75, 3.05) is 24.6 Å². The van der Waals surface area contributed by atoms with E-state index in [-0.39, 0.29) is 5.56 Å². The second kappa shape index (κ2) is 10.4. The van der Waals surface area contributed by atoms with Gasteiger partial charge in [0.1, 0.15) is 0 Å². The molecule has 0 spiro atoms. The van der Waals surface area contributed by atoms with E-state index in [0.29, 0.717) is 41.7 Å². The van der Waals surface area contributed by atoms with Crippen LogP contribution in [0.4, 0.5) is 5.69 Å².